The fourth-order valence-corrected chi connectivity index (χ4v) is 2.46. The Labute approximate surface area is 137 Å². The summed E-state index contributed by atoms with van der Waals surface area (Å²) in [6.45, 7) is 0. The normalized spacial score (nSPS) is 11.5. The molecule has 0 spiro atoms. The molecule has 0 unspecified atom stereocenters. The molecule has 0 saturated heterocycles. The number of carbonyl (C=O) groups excluding carboxylic acids is 2. The maximum absolute atomic E-state index is 12.3. The number of hydrogen-bond acceptors (Lipinski definition) is 3. The topological polar surface area (TPSA) is 55.4 Å². The highest BCUT2D eigenvalue weighted by Gasteiger charge is 2.22. The van der Waals surface area contributed by atoms with Crippen molar-refractivity contribution in [2.24, 2.45) is 0 Å². The van der Waals surface area contributed by atoms with Crippen molar-refractivity contribution in [3.05, 3.63) is 70.2 Å². The Morgan fingerprint density at radius 1 is 1.14 bits per heavy atom. The Hall–Kier alpha value is -2.14. The van der Waals surface area contributed by atoms with Crippen molar-refractivity contribution in [3.8, 4) is 0 Å². The van der Waals surface area contributed by atoms with Crippen molar-refractivity contribution >= 4 is 27.8 Å². The van der Waals surface area contributed by atoms with Crippen molar-refractivity contribution in [1.29, 1.82) is 0 Å². The van der Waals surface area contributed by atoms with Gasteiger partial charge in [0.05, 0.1) is 7.11 Å². The van der Waals surface area contributed by atoms with Crippen LogP contribution in [-0.2, 0) is 16.0 Å². The van der Waals surface area contributed by atoms with E-state index in [2.05, 4.69) is 21.2 Å². The molecule has 2 rings (SSSR count). The van der Waals surface area contributed by atoms with E-state index in [0.717, 1.165) is 10.0 Å². The molecular weight excluding hydrogens is 346 g/mol. The molecule has 0 aliphatic heterocycles. The molecular formula is C17H16BrNO3. The van der Waals surface area contributed by atoms with Crippen LogP contribution >= 0.6 is 15.9 Å². The molecule has 0 aliphatic rings. The van der Waals surface area contributed by atoms with Gasteiger partial charge < -0.3 is 10.1 Å². The number of hydrogen-bond donors (Lipinski definition) is 1. The van der Waals surface area contributed by atoms with E-state index < -0.39 is 12.0 Å². The molecule has 22 heavy (non-hydrogen) atoms. The van der Waals surface area contributed by atoms with E-state index in [0.29, 0.717) is 12.0 Å². The van der Waals surface area contributed by atoms with Crippen LogP contribution in [0.25, 0.3) is 0 Å². The number of amides is 1. The summed E-state index contributed by atoms with van der Waals surface area (Å²) >= 11 is 3.32. The molecule has 0 saturated carbocycles. The maximum atomic E-state index is 12.3. The molecule has 5 heteroatoms. The minimum absolute atomic E-state index is 0.312. The Morgan fingerprint density at radius 3 is 2.50 bits per heavy atom. The Morgan fingerprint density at radius 2 is 1.86 bits per heavy atom. The zero-order valence-corrected chi connectivity index (χ0v) is 13.7. The molecule has 1 atom stereocenters. The molecule has 0 heterocycles. The number of carbonyl (C=O) groups is 2. The lowest BCUT2D eigenvalue weighted by Gasteiger charge is -2.16. The van der Waals surface area contributed by atoms with E-state index in [1.807, 2.05) is 36.4 Å². The van der Waals surface area contributed by atoms with Gasteiger partial charge in [0.25, 0.3) is 5.91 Å². The highest BCUT2D eigenvalue weighted by Crippen LogP contribution is 2.12. The molecule has 0 aliphatic carbocycles. The number of rotatable bonds is 5. The lowest BCUT2D eigenvalue weighted by Crippen LogP contribution is -2.43. The lowest BCUT2D eigenvalue weighted by atomic mass is 10.1. The number of benzene rings is 2. The fraction of sp³-hybridized carbons (Fsp3) is 0.176. The van der Waals surface area contributed by atoms with Gasteiger partial charge in [0, 0.05) is 16.5 Å². The van der Waals surface area contributed by atoms with E-state index in [-0.39, 0.29) is 5.91 Å². The second-order valence-corrected chi connectivity index (χ2v) is 5.66. The first-order valence-corrected chi connectivity index (χ1v) is 7.57. The van der Waals surface area contributed by atoms with Gasteiger partial charge in [-0.25, -0.2) is 4.79 Å². The Balaban J connectivity index is 2.13. The zero-order valence-electron chi connectivity index (χ0n) is 12.1. The maximum Gasteiger partial charge on any atom is 0.328 e. The van der Waals surface area contributed by atoms with Gasteiger partial charge in [-0.15, -0.1) is 0 Å². The predicted molar refractivity (Wildman–Crippen MR) is 87.6 cm³/mol. The second kappa shape index (κ2) is 7.75. The highest BCUT2D eigenvalue weighted by molar-refractivity contribution is 9.10. The number of esters is 1. The smallest absolute Gasteiger partial charge is 0.328 e. The highest BCUT2D eigenvalue weighted by atomic mass is 79.9. The first kappa shape index (κ1) is 16.2. The molecule has 1 N–H and O–H groups in total. The van der Waals surface area contributed by atoms with Gasteiger partial charge in [-0.05, 0) is 23.8 Å². The van der Waals surface area contributed by atoms with Gasteiger partial charge in [-0.3, -0.25) is 4.79 Å². The second-order valence-electron chi connectivity index (χ2n) is 4.75. The quantitative estimate of drug-likeness (QED) is 0.833. The molecule has 2 aromatic carbocycles. The van der Waals surface area contributed by atoms with Crippen molar-refractivity contribution in [3.63, 3.8) is 0 Å². The summed E-state index contributed by atoms with van der Waals surface area (Å²) in [5, 5.41) is 2.73. The molecule has 0 bridgehead atoms. The number of methoxy groups -OCH3 is 1. The fourth-order valence-electron chi connectivity index (χ4n) is 2.06. The third kappa shape index (κ3) is 4.43. The van der Waals surface area contributed by atoms with Crippen LogP contribution in [0.15, 0.2) is 59.1 Å². The van der Waals surface area contributed by atoms with Crippen molar-refractivity contribution in [1.82, 2.24) is 5.32 Å². The average molecular weight is 362 g/mol. The van der Waals surface area contributed by atoms with Gasteiger partial charge >= 0.3 is 5.97 Å². The summed E-state index contributed by atoms with van der Waals surface area (Å²) in [7, 11) is 1.31. The van der Waals surface area contributed by atoms with E-state index in [4.69, 9.17) is 4.74 Å². The Kier molecular flexibility index (Phi) is 5.72. The molecule has 114 valence electrons. The van der Waals surface area contributed by atoms with Crippen LogP contribution < -0.4 is 5.32 Å². The summed E-state index contributed by atoms with van der Waals surface area (Å²) in [6.07, 6.45) is 0.382. The van der Waals surface area contributed by atoms with Crippen LogP contribution in [0.5, 0.6) is 0 Å². The summed E-state index contributed by atoms with van der Waals surface area (Å²) < 4.78 is 5.59. The van der Waals surface area contributed by atoms with Gasteiger partial charge in [-0.2, -0.15) is 0 Å². The van der Waals surface area contributed by atoms with E-state index in [1.165, 1.54) is 7.11 Å². The van der Waals surface area contributed by atoms with Gasteiger partial charge in [-0.1, -0.05) is 52.3 Å². The molecule has 0 aromatic heterocycles. The summed E-state index contributed by atoms with van der Waals surface area (Å²) in [6, 6.07) is 15.8. The largest absolute Gasteiger partial charge is 0.467 e. The standard InChI is InChI=1S/C17H16BrNO3/c1-22-17(21)15(10-12-6-3-2-4-7-12)19-16(20)13-8-5-9-14(18)11-13/h2-9,11,15H,10H2,1H3,(H,19,20)/t15-/m1/s1. The van der Waals surface area contributed by atoms with E-state index in [9.17, 15) is 9.59 Å². The van der Waals surface area contributed by atoms with Crippen molar-refractivity contribution in [2.45, 2.75) is 12.5 Å². The predicted octanol–water partition coefficient (Wildman–Crippen LogP) is 2.96. The SMILES string of the molecule is COC(=O)[C@@H](Cc1ccccc1)NC(=O)c1cccc(Br)c1. The van der Waals surface area contributed by atoms with Crippen LogP contribution in [0, 0.1) is 0 Å². The van der Waals surface area contributed by atoms with Crippen LogP contribution in [0.3, 0.4) is 0 Å². The van der Waals surface area contributed by atoms with Crippen LogP contribution in [0.1, 0.15) is 15.9 Å². The molecule has 0 fully saturated rings. The number of nitrogens with one attached hydrogen (secondary N) is 1. The van der Waals surface area contributed by atoms with Crippen molar-refractivity contribution < 1.29 is 14.3 Å². The lowest BCUT2D eigenvalue weighted by molar-refractivity contribution is -0.142. The first-order chi connectivity index (χ1) is 10.6. The minimum Gasteiger partial charge on any atom is -0.467 e. The summed E-state index contributed by atoms with van der Waals surface area (Å²) in [4.78, 5) is 24.2. The van der Waals surface area contributed by atoms with E-state index in [1.54, 1.807) is 18.2 Å². The third-order valence-corrected chi connectivity index (χ3v) is 3.65. The van der Waals surface area contributed by atoms with E-state index >= 15 is 0 Å². The van der Waals surface area contributed by atoms with Crippen LogP contribution in [0.2, 0.25) is 0 Å². The minimum atomic E-state index is -0.723. The van der Waals surface area contributed by atoms with Crippen LogP contribution in [-0.4, -0.2) is 25.0 Å². The molecule has 2 aromatic rings. The first-order valence-electron chi connectivity index (χ1n) is 6.78. The molecule has 1 amide bonds. The van der Waals surface area contributed by atoms with Gasteiger partial charge in [0.15, 0.2) is 0 Å². The molecule has 4 nitrogen and oxygen atoms in total. The monoisotopic (exact) mass is 361 g/mol. The van der Waals surface area contributed by atoms with Crippen LogP contribution in [0.4, 0.5) is 0 Å². The summed E-state index contributed by atoms with van der Waals surface area (Å²) in [5.74, 6) is -0.778. The van der Waals surface area contributed by atoms with Gasteiger partial charge in [0.1, 0.15) is 6.04 Å². The third-order valence-electron chi connectivity index (χ3n) is 3.16. The van der Waals surface area contributed by atoms with Gasteiger partial charge in [0.2, 0.25) is 0 Å². The summed E-state index contributed by atoms with van der Waals surface area (Å²) in [5.41, 5.74) is 1.43. The number of ether oxygens (including phenoxy) is 1. The Bertz CT molecular complexity index is 658. The molecule has 0 radical (unpaired) electrons. The number of halogens is 1. The zero-order chi connectivity index (χ0) is 15.9. The average Bonchev–Trinajstić information content (AvgIpc) is 2.54. The van der Waals surface area contributed by atoms with Crippen molar-refractivity contribution in [2.75, 3.05) is 7.11 Å².